The molecule has 90 valence electrons. The molecule has 0 bridgehead atoms. The SMILES string of the molecule is Cc1ccccc1Cn1[nH]c(C(C)C)cc1=S. The number of hydrogen-bond donors (Lipinski definition) is 1. The molecule has 3 heteroatoms. The zero-order chi connectivity index (χ0) is 12.4. The molecule has 0 amide bonds. The van der Waals surface area contributed by atoms with Gasteiger partial charge in [0.05, 0.1) is 6.54 Å². The third kappa shape index (κ3) is 2.67. The van der Waals surface area contributed by atoms with Gasteiger partial charge < -0.3 is 5.10 Å². The van der Waals surface area contributed by atoms with E-state index in [1.54, 1.807) is 0 Å². The van der Waals surface area contributed by atoms with Gasteiger partial charge in [0, 0.05) is 5.69 Å². The summed E-state index contributed by atoms with van der Waals surface area (Å²) in [6, 6.07) is 10.5. The standard InChI is InChI=1S/C14H18N2S/c1-10(2)13-8-14(17)16(15-13)9-12-7-5-4-6-11(12)3/h4-8,10,15H,9H2,1-3H3. The van der Waals surface area contributed by atoms with Crippen molar-refractivity contribution in [3.05, 3.63) is 51.8 Å². The molecule has 1 aromatic carbocycles. The van der Waals surface area contributed by atoms with Crippen molar-refractivity contribution in [2.24, 2.45) is 0 Å². The van der Waals surface area contributed by atoms with E-state index < -0.39 is 0 Å². The van der Waals surface area contributed by atoms with Crippen LogP contribution in [0.3, 0.4) is 0 Å². The van der Waals surface area contributed by atoms with E-state index in [0.717, 1.165) is 11.2 Å². The van der Waals surface area contributed by atoms with Gasteiger partial charge in [-0.1, -0.05) is 50.3 Å². The summed E-state index contributed by atoms with van der Waals surface area (Å²) < 4.78 is 2.91. The van der Waals surface area contributed by atoms with Crippen LogP contribution in [-0.4, -0.2) is 9.78 Å². The van der Waals surface area contributed by atoms with Gasteiger partial charge in [0.15, 0.2) is 0 Å². The molecule has 0 atom stereocenters. The van der Waals surface area contributed by atoms with Crippen LogP contribution >= 0.6 is 12.2 Å². The summed E-state index contributed by atoms with van der Waals surface area (Å²) in [7, 11) is 0. The van der Waals surface area contributed by atoms with Crippen molar-refractivity contribution in [1.29, 1.82) is 0 Å². The predicted octanol–water partition coefficient (Wildman–Crippen LogP) is 4.03. The Balaban J connectivity index is 2.31. The van der Waals surface area contributed by atoms with Crippen molar-refractivity contribution in [3.8, 4) is 0 Å². The highest BCUT2D eigenvalue weighted by molar-refractivity contribution is 7.71. The molecule has 2 aromatic rings. The summed E-state index contributed by atoms with van der Waals surface area (Å²) >= 11 is 5.37. The second-order valence-corrected chi connectivity index (χ2v) is 5.14. The first-order chi connectivity index (χ1) is 8.08. The number of aryl methyl sites for hydroxylation is 1. The lowest BCUT2D eigenvalue weighted by atomic mass is 10.1. The first-order valence-electron chi connectivity index (χ1n) is 5.92. The van der Waals surface area contributed by atoms with E-state index >= 15 is 0 Å². The van der Waals surface area contributed by atoms with E-state index in [9.17, 15) is 0 Å². The predicted molar refractivity (Wildman–Crippen MR) is 74.0 cm³/mol. The van der Waals surface area contributed by atoms with Crippen LogP contribution in [-0.2, 0) is 6.54 Å². The average molecular weight is 246 g/mol. The quantitative estimate of drug-likeness (QED) is 0.811. The van der Waals surface area contributed by atoms with Gasteiger partial charge in [-0.25, -0.2) is 0 Å². The lowest BCUT2D eigenvalue weighted by molar-refractivity contribution is 0.648. The van der Waals surface area contributed by atoms with Gasteiger partial charge in [-0.2, -0.15) is 0 Å². The summed E-state index contributed by atoms with van der Waals surface area (Å²) in [5, 5.41) is 3.37. The molecule has 0 saturated carbocycles. The number of hydrogen-bond acceptors (Lipinski definition) is 1. The topological polar surface area (TPSA) is 20.7 Å². The Morgan fingerprint density at radius 1 is 1.29 bits per heavy atom. The minimum Gasteiger partial charge on any atom is -0.301 e. The molecule has 0 fully saturated rings. The molecule has 1 heterocycles. The van der Waals surface area contributed by atoms with Crippen molar-refractivity contribution in [3.63, 3.8) is 0 Å². The molecule has 17 heavy (non-hydrogen) atoms. The van der Waals surface area contributed by atoms with E-state index in [4.69, 9.17) is 12.2 Å². The maximum Gasteiger partial charge on any atom is 0.122 e. The zero-order valence-corrected chi connectivity index (χ0v) is 11.3. The van der Waals surface area contributed by atoms with Crippen LogP contribution < -0.4 is 0 Å². The Kier molecular flexibility index (Phi) is 3.48. The average Bonchev–Trinajstić information content (AvgIpc) is 2.64. The van der Waals surface area contributed by atoms with Crippen LogP contribution in [0.15, 0.2) is 30.3 Å². The monoisotopic (exact) mass is 246 g/mol. The third-order valence-corrected chi connectivity index (χ3v) is 3.36. The number of H-pyrrole nitrogens is 1. The van der Waals surface area contributed by atoms with Crippen molar-refractivity contribution in [2.45, 2.75) is 33.2 Å². The van der Waals surface area contributed by atoms with Crippen LogP contribution in [0.1, 0.15) is 36.6 Å². The van der Waals surface area contributed by atoms with Gasteiger partial charge in [-0.3, -0.25) is 4.68 Å². The van der Waals surface area contributed by atoms with E-state index in [1.807, 2.05) is 4.68 Å². The lowest BCUT2D eigenvalue weighted by Gasteiger charge is -2.07. The Hall–Kier alpha value is -1.35. The molecule has 2 nitrogen and oxygen atoms in total. The first kappa shape index (κ1) is 12.1. The minimum absolute atomic E-state index is 0.481. The smallest absolute Gasteiger partial charge is 0.122 e. The van der Waals surface area contributed by atoms with Crippen molar-refractivity contribution < 1.29 is 0 Å². The van der Waals surface area contributed by atoms with E-state index in [1.165, 1.54) is 16.8 Å². The second-order valence-electron chi connectivity index (χ2n) is 4.72. The molecule has 0 aliphatic heterocycles. The molecule has 0 aliphatic rings. The van der Waals surface area contributed by atoms with Gasteiger partial charge in [-0.05, 0) is 30.0 Å². The van der Waals surface area contributed by atoms with E-state index in [0.29, 0.717) is 5.92 Å². The van der Waals surface area contributed by atoms with Gasteiger partial charge in [0.2, 0.25) is 0 Å². The first-order valence-corrected chi connectivity index (χ1v) is 6.33. The van der Waals surface area contributed by atoms with Crippen LogP contribution in [0.25, 0.3) is 0 Å². The summed E-state index contributed by atoms with van der Waals surface area (Å²) in [5.74, 6) is 0.481. The summed E-state index contributed by atoms with van der Waals surface area (Å²) in [6.07, 6.45) is 0. The van der Waals surface area contributed by atoms with Gasteiger partial charge >= 0.3 is 0 Å². The molecule has 1 aromatic heterocycles. The van der Waals surface area contributed by atoms with Crippen LogP contribution in [0.4, 0.5) is 0 Å². The molecular weight excluding hydrogens is 228 g/mol. The molecule has 1 N–H and O–H groups in total. The number of rotatable bonds is 3. The second kappa shape index (κ2) is 4.88. The number of nitrogens with one attached hydrogen (secondary N) is 1. The minimum atomic E-state index is 0.481. The molecule has 0 aliphatic carbocycles. The number of benzene rings is 1. The van der Waals surface area contributed by atoms with Gasteiger partial charge in [0.1, 0.15) is 4.64 Å². The van der Waals surface area contributed by atoms with Crippen LogP contribution in [0, 0.1) is 11.6 Å². The van der Waals surface area contributed by atoms with Crippen molar-refractivity contribution in [1.82, 2.24) is 9.78 Å². The van der Waals surface area contributed by atoms with Gasteiger partial charge in [-0.15, -0.1) is 0 Å². The Bertz CT molecular complexity index is 564. The molecular formula is C14H18N2S. The Morgan fingerprint density at radius 2 is 2.00 bits per heavy atom. The third-order valence-electron chi connectivity index (χ3n) is 3.02. The fourth-order valence-electron chi connectivity index (χ4n) is 1.83. The van der Waals surface area contributed by atoms with Crippen molar-refractivity contribution in [2.75, 3.05) is 0 Å². The summed E-state index contributed by atoms with van der Waals surface area (Å²) in [4.78, 5) is 0. The lowest BCUT2D eigenvalue weighted by Crippen LogP contribution is -2.04. The number of aromatic amines is 1. The Morgan fingerprint density at radius 3 is 2.59 bits per heavy atom. The molecule has 0 radical (unpaired) electrons. The Labute approximate surface area is 107 Å². The zero-order valence-electron chi connectivity index (χ0n) is 10.5. The number of aromatic nitrogens is 2. The summed E-state index contributed by atoms with van der Waals surface area (Å²) in [5.41, 5.74) is 3.81. The van der Waals surface area contributed by atoms with Crippen molar-refractivity contribution >= 4 is 12.2 Å². The maximum absolute atomic E-state index is 5.37. The molecule has 0 unspecified atom stereocenters. The largest absolute Gasteiger partial charge is 0.301 e. The number of nitrogens with zero attached hydrogens (tertiary/aromatic N) is 1. The van der Waals surface area contributed by atoms with E-state index in [-0.39, 0.29) is 0 Å². The highest BCUT2D eigenvalue weighted by Gasteiger charge is 2.05. The highest BCUT2D eigenvalue weighted by atomic mass is 32.1. The van der Waals surface area contributed by atoms with E-state index in [2.05, 4.69) is 56.2 Å². The van der Waals surface area contributed by atoms with Crippen LogP contribution in [0.2, 0.25) is 0 Å². The van der Waals surface area contributed by atoms with Crippen LogP contribution in [0.5, 0.6) is 0 Å². The normalized spacial score (nSPS) is 11.1. The molecule has 0 spiro atoms. The van der Waals surface area contributed by atoms with Gasteiger partial charge in [0.25, 0.3) is 0 Å². The molecule has 0 saturated heterocycles. The summed E-state index contributed by atoms with van der Waals surface area (Å²) in [6.45, 7) is 7.28. The fourth-order valence-corrected chi connectivity index (χ4v) is 2.06. The fraction of sp³-hybridized carbons (Fsp3) is 0.357. The highest BCUT2D eigenvalue weighted by Crippen LogP contribution is 2.14. The molecule has 2 rings (SSSR count). The maximum atomic E-state index is 5.37.